The number of ketones is 1. The van der Waals surface area contributed by atoms with Crippen molar-refractivity contribution in [2.75, 3.05) is 11.9 Å². The molecule has 0 bridgehead atoms. The maximum Gasteiger partial charge on any atom is 0.340 e. The SMILES string of the molecule is CCCC(=O)Nc1ccc(C(=O)COC(=O)c2cc(C)n(Cc3ccco3)c2C)cc1. The molecule has 0 aliphatic rings. The fourth-order valence-electron chi connectivity index (χ4n) is 3.29. The third-order valence-electron chi connectivity index (χ3n) is 4.99. The molecule has 0 fully saturated rings. The highest BCUT2D eigenvalue weighted by Gasteiger charge is 2.19. The van der Waals surface area contributed by atoms with Gasteiger partial charge in [-0.3, -0.25) is 9.59 Å². The molecule has 0 aliphatic carbocycles. The smallest absolute Gasteiger partial charge is 0.340 e. The number of hydrogen-bond acceptors (Lipinski definition) is 5. The molecule has 7 nitrogen and oxygen atoms in total. The Kier molecular flexibility index (Phi) is 7.07. The quantitative estimate of drug-likeness (QED) is 0.404. The van der Waals surface area contributed by atoms with Gasteiger partial charge in [-0.15, -0.1) is 0 Å². The number of aromatic nitrogens is 1. The highest BCUT2D eigenvalue weighted by Crippen LogP contribution is 2.19. The van der Waals surface area contributed by atoms with Crippen LogP contribution >= 0.6 is 0 Å². The summed E-state index contributed by atoms with van der Waals surface area (Å²) in [7, 11) is 0. The highest BCUT2D eigenvalue weighted by atomic mass is 16.5. The second kappa shape index (κ2) is 9.93. The van der Waals surface area contributed by atoms with Crippen molar-refractivity contribution in [2.24, 2.45) is 0 Å². The van der Waals surface area contributed by atoms with E-state index in [0.29, 0.717) is 29.8 Å². The second-order valence-electron chi connectivity index (χ2n) is 7.33. The first-order valence-electron chi connectivity index (χ1n) is 10.2. The molecule has 1 N–H and O–H groups in total. The number of ether oxygens (including phenoxy) is 1. The van der Waals surface area contributed by atoms with Crippen LogP contribution in [0.3, 0.4) is 0 Å². The second-order valence-corrected chi connectivity index (χ2v) is 7.33. The summed E-state index contributed by atoms with van der Waals surface area (Å²) >= 11 is 0. The number of anilines is 1. The zero-order chi connectivity index (χ0) is 22.4. The van der Waals surface area contributed by atoms with Gasteiger partial charge in [0, 0.05) is 29.1 Å². The first-order valence-corrected chi connectivity index (χ1v) is 10.2. The van der Waals surface area contributed by atoms with E-state index in [4.69, 9.17) is 9.15 Å². The van der Waals surface area contributed by atoms with Gasteiger partial charge in [0.25, 0.3) is 0 Å². The summed E-state index contributed by atoms with van der Waals surface area (Å²) in [6, 6.07) is 12.0. The van der Waals surface area contributed by atoms with Crippen LogP contribution in [-0.2, 0) is 16.1 Å². The van der Waals surface area contributed by atoms with Crippen LogP contribution in [0.5, 0.6) is 0 Å². The number of aryl methyl sites for hydroxylation is 1. The predicted molar refractivity (Wildman–Crippen MR) is 116 cm³/mol. The van der Waals surface area contributed by atoms with Crippen LogP contribution in [0, 0.1) is 13.8 Å². The summed E-state index contributed by atoms with van der Waals surface area (Å²) in [5, 5.41) is 2.77. The average Bonchev–Trinajstić information content (AvgIpc) is 3.36. The third-order valence-corrected chi connectivity index (χ3v) is 4.99. The number of carbonyl (C=O) groups excluding carboxylic acids is 3. The van der Waals surface area contributed by atoms with Crippen LogP contribution in [0.4, 0.5) is 5.69 Å². The number of carbonyl (C=O) groups is 3. The Morgan fingerprint density at radius 3 is 2.48 bits per heavy atom. The van der Waals surface area contributed by atoms with Crippen LogP contribution in [0.15, 0.2) is 53.1 Å². The van der Waals surface area contributed by atoms with Crippen molar-refractivity contribution in [1.82, 2.24) is 4.57 Å². The molecule has 162 valence electrons. The molecule has 3 aromatic rings. The Bertz CT molecular complexity index is 1060. The van der Waals surface area contributed by atoms with Gasteiger partial charge in [0.2, 0.25) is 5.91 Å². The van der Waals surface area contributed by atoms with Gasteiger partial charge < -0.3 is 19.0 Å². The maximum absolute atomic E-state index is 12.5. The first-order chi connectivity index (χ1) is 14.9. The van der Waals surface area contributed by atoms with Gasteiger partial charge in [0.15, 0.2) is 12.4 Å². The molecule has 1 amide bonds. The third kappa shape index (κ3) is 5.51. The summed E-state index contributed by atoms with van der Waals surface area (Å²) in [4.78, 5) is 36.6. The summed E-state index contributed by atoms with van der Waals surface area (Å²) in [5.74, 6) is -0.147. The molecular formula is C24H26N2O5. The van der Waals surface area contributed by atoms with Crippen molar-refractivity contribution in [3.05, 3.63) is 77.0 Å². The Hall–Kier alpha value is -3.61. The lowest BCUT2D eigenvalue weighted by Crippen LogP contribution is -2.15. The molecule has 0 atom stereocenters. The molecule has 1 aromatic carbocycles. The minimum Gasteiger partial charge on any atom is -0.467 e. The van der Waals surface area contributed by atoms with E-state index in [0.717, 1.165) is 23.6 Å². The standard InChI is InChI=1S/C24H26N2O5/c1-4-6-23(28)25-19-10-8-18(9-11-19)22(27)15-31-24(29)21-13-16(2)26(17(21)3)14-20-7-5-12-30-20/h5,7-13H,4,6,14-15H2,1-3H3,(H,25,28). The normalized spacial score (nSPS) is 10.7. The molecular weight excluding hydrogens is 396 g/mol. The molecule has 2 aromatic heterocycles. The summed E-state index contributed by atoms with van der Waals surface area (Å²) in [6.07, 6.45) is 2.81. The lowest BCUT2D eigenvalue weighted by molar-refractivity contribution is -0.116. The molecule has 0 saturated heterocycles. The van der Waals surface area contributed by atoms with Gasteiger partial charge in [0.05, 0.1) is 18.4 Å². The van der Waals surface area contributed by atoms with Gasteiger partial charge in [-0.2, -0.15) is 0 Å². The van der Waals surface area contributed by atoms with E-state index in [1.807, 2.05) is 37.5 Å². The minimum absolute atomic E-state index is 0.0693. The van der Waals surface area contributed by atoms with E-state index in [1.165, 1.54) is 0 Å². The number of rotatable bonds is 9. The fraction of sp³-hybridized carbons (Fsp3) is 0.292. The average molecular weight is 422 g/mol. The number of hydrogen-bond donors (Lipinski definition) is 1. The number of nitrogens with one attached hydrogen (secondary N) is 1. The zero-order valence-corrected chi connectivity index (χ0v) is 17.9. The monoisotopic (exact) mass is 422 g/mol. The molecule has 2 heterocycles. The van der Waals surface area contributed by atoms with Crippen LogP contribution in [0.25, 0.3) is 0 Å². The lowest BCUT2D eigenvalue weighted by atomic mass is 10.1. The Labute approximate surface area is 181 Å². The minimum atomic E-state index is -0.546. The number of amides is 1. The van der Waals surface area contributed by atoms with Crippen molar-refractivity contribution in [2.45, 2.75) is 40.2 Å². The van der Waals surface area contributed by atoms with Gasteiger partial charge in [-0.05, 0) is 62.7 Å². The number of furan rings is 1. The summed E-state index contributed by atoms with van der Waals surface area (Å²) < 4.78 is 12.6. The van der Waals surface area contributed by atoms with E-state index in [-0.39, 0.29) is 18.3 Å². The maximum atomic E-state index is 12.5. The van der Waals surface area contributed by atoms with Crippen molar-refractivity contribution in [3.8, 4) is 0 Å². The lowest BCUT2D eigenvalue weighted by Gasteiger charge is -2.08. The van der Waals surface area contributed by atoms with Crippen LogP contribution in [0.2, 0.25) is 0 Å². The Balaban J connectivity index is 1.59. The number of Topliss-reactive ketones (excluding diaryl/α,β-unsaturated/α-hetero) is 1. The van der Waals surface area contributed by atoms with Crippen LogP contribution in [0.1, 0.15) is 57.6 Å². The highest BCUT2D eigenvalue weighted by molar-refractivity contribution is 6.00. The Morgan fingerprint density at radius 2 is 1.84 bits per heavy atom. The molecule has 7 heteroatoms. The topological polar surface area (TPSA) is 90.5 Å². The molecule has 0 spiro atoms. The van der Waals surface area contributed by atoms with Crippen molar-refractivity contribution in [1.29, 1.82) is 0 Å². The van der Waals surface area contributed by atoms with Gasteiger partial charge in [0.1, 0.15) is 5.76 Å². The van der Waals surface area contributed by atoms with E-state index in [9.17, 15) is 14.4 Å². The number of benzene rings is 1. The van der Waals surface area contributed by atoms with Gasteiger partial charge in [-0.25, -0.2) is 4.79 Å². The van der Waals surface area contributed by atoms with Crippen molar-refractivity contribution >= 4 is 23.3 Å². The van der Waals surface area contributed by atoms with Crippen molar-refractivity contribution < 1.29 is 23.5 Å². The van der Waals surface area contributed by atoms with Gasteiger partial charge in [-0.1, -0.05) is 6.92 Å². The largest absolute Gasteiger partial charge is 0.467 e. The summed E-state index contributed by atoms with van der Waals surface area (Å²) in [6.45, 7) is 5.82. The molecule has 0 saturated carbocycles. The van der Waals surface area contributed by atoms with Crippen LogP contribution in [-0.4, -0.2) is 28.8 Å². The number of esters is 1. The Morgan fingerprint density at radius 1 is 1.10 bits per heavy atom. The van der Waals surface area contributed by atoms with Gasteiger partial charge >= 0.3 is 5.97 Å². The molecule has 3 rings (SSSR count). The van der Waals surface area contributed by atoms with Crippen molar-refractivity contribution in [3.63, 3.8) is 0 Å². The molecule has 0 aliphatic heterocycles. The predicted octanol–water partition coefficient (Wildman–Crippen LogP) is 4.52. The summed E-state index contributed by atoms with van der Waals surface area (Å²) in [5.41, 5.74) is 3.10. The number of nitrogens with zero attached hydrogens (tertiary/aromatic N) is 1. The molecule has 31 heavy (non-hydrogen) atoms. The van der Waals surface area contributed by atoms with E-state index in [1.54, 1.807) is 36.6 Å². The van der Waals surface area contributed by atoms with Crippen LogP contribution < -0.4 is 5.32 Å². The van der Waals surface area contributed by atoms with E-state index in [2.05, 4.69) is 5.32 Å². The zero-order valence-electron chi connectivity index (χ0n) is 17.9. The van der Waals surface area contributed by atoms with E-state index < -0.39 is 5.97 Å². The molecule has 0 radical (unpaired) electrons. The molecule has 0 unspecified atom stereocenters. The fourth-order valence-corrected chi connectivity index (χ4v) is 3.29. The van der Waals surface area contributed by atoms with E-state index >= 15 is 0 Å². The first kappa shape index (κ1) is 22.1.